The fraction of sp³-hybridized carbons (Fsp3) is 0.923. The quantitative estimate of drug-likeness (QED) is 0.568. The third-order valence-electron chi connectivity index (χ3n) is 10.7. The molecule has 30 heavy (non-hydrogen) atoms. The Balaban J connectivity index is 1.45. The Morgan fingerprint density at radius 2 is 1.70 bits per heavy atom. The third-order valence-corrected chi connectivity index (χ3v) is 10.7. The number of carbonyl (C=O) groups excluding carboxylic acids is 1. The highest BCUT2D eigenvalue weighted by Crippen LogP contribution is 2.68. The number of rotatable bonds is 5. The Morgan fingerprint density at radius 1 is 1.00 bits per heavy atom. The number of carboxylic acids is 1. The molecule has 9 atom stereocenters. The van der Waals surface area contributed by atoms with Crippen LogP contribution in [0.2, 0.25) is 0 Å². The second-order valence-corrected chi connectivity index (χ2v) is 11.9. The number of nitrogens with one attached hydrogen (secondary N) is 1. The Labute approximate surface area is 183 Å². The summed E-state index contributed by atoms with van der Waals surface area (Å²) in [6.45, 7) is 10.1. The highest BCUT2D eigenvalue weighted by atomic mass is 16.4. The zero-order valence-corrected chi connectivity index (χ0v) is 19.6. The molecule has 0 aromatic rings. The second kappa shape index (κ2) is 8.13. The predicted molar refractivity (Wildman–Crippen MR) is 119 cm³/mol. The topological polar surface area (TPSA) is 66.4 Å². The van der Waals surface area contributed by atoms with Gasteiger partial charge in [0, 0.05) is 6.04 Å². The molecule has 2 unspecified atom stereocenters. The largest absolute Gasteiger partial charge is 0.481 e. The van der Waals surface area contributed by atoms with Crippen molar-refractivity contribution in [3.63, 3.8) is 0 Å². The van der Waals surface area contributed by atoms with Crippen LogP contribution in [-0.4, -0.2) is 23.0 Å². The van der Waals surface area contributed by atoms with Crippen molar-refractivity contribution in [2.75, 3.05) is 0 Å². The lowest BCUT2D eigenvalue weighted by molar-refractivity contribution is -0.141. The van der Waals surface area contributed by atoms with Crippen molar-refractivity contribution < 1.29 is 14.7 Å². The van der Waals surface area contributed by atoms with Gasteiger partial charge in [-0.2, -0.15) is 0 Å². The van der Waals surface area contributed by atoms with Gasteiger partial charge in [-0.3, -0.25) is 9.59 Å². The summed E-state index contributed by atoms with van der Waals surface area (Å²) in [5, 5.41) is 11.9. The summed E-state index contributed by atoms with van der Waals surface area (Å²) in [6.07, 6.45) is 12.5. The van der Waals surface area contributed by atoms with Crippen LogP contribution in [0.3, 0.4) is 0 Å². The van der Waals surface area contributed by atoms with Crippen LogP contribution in [0.25, 0.3) is 0 Å². The molecule has 0 aromatic heterocycles. The second-order valence-electron chi connectivity index (χ2n) is 11.9. The van der Waals surface area contributed by atoms with E-state index in [4.69, 9.17) is 5.11 Å². The molecule has 4 heteroatoms. The van der Waals surface area contributed by atoms with Crippen molar-refractivity contribution in [1.82, 2.24) is 5.32 Å². The first-order valence-electron chi connectivity index (χ1n) is 12.7. The summed E-state index contributed by atoms with van der Waals surface area (Å²) in [5.41, 5.74) is 0.967. The molecule has 0 saturated heterocycles. The molecule has 0 spiro atoms. The number of hydrogen-bond acceptors (Lipinski definition) is 2. The van der Waals surface area contributed by atoms with E-state index < -0.39 is 12.4 Å². The zero-order valence-electron chi connectivity index (χ0n) is 19.6. The van der Waals surface area contributed by atoms with Crippen molar-refractivity contribution >= 4 is 11.9 Å². The summed E-state index contributed by atoms with van der Waals surface area (Å²) in [4.78, 5) is 22.8. The van der Waals surface area contributed by atoms with Gasteiger partial charge in [0.15, 0.2) is 0 Å². The lowest BCUT2D eigenvalue weighted by Crippen LogP contribution is -2.55. The van der Waals surface area contributed by atoms with Gasteiger partial charge in [0.05, 0.1) is 0 Å². The standard InChI is InChI=1S/C26H43NO3/c1-5-16(2)20-8-9-21-19-7-6-17-14-18(27-23(28)15-24(29)30)10-12-25(17,3)22(19)11-13-26(20,21)4/h16-22H,5-15H2,1-4H3,(H,27,28)(H,29,30)/t16?,17-,18-,19+,20?,21+,22+,25+,26-/m1/s1. The Kier molecular flexibility index (Phi) is 6.00. The minimum atomic E-state index is -1.04. The molecule has 4 aliphatic carbocycles. The SMILES string of the molecule is CCC(C)C1CC[C@H]2[C@@H]3CC[C@@H]4C[C@H](NC(=O)CC(=O)O)CC[C@]4(C)[C@H]3CC[C@]12C. The Hall–Kier alpha value is -1.06. The molecular formula is C26H43NO3. The molecular weight excluding hydrogens is 374 g/mol. The first-order valence-corrected chi connectivity index (χ1v) is 12.7. The predicted octanol–water partition coefficient (Wildman–Crippen LogP) is 5.65. The summed E-state index contributed by atoms with van der Waals surface area (Å²) in [7, 11) is 0. The van der Waals surface area contributed by atoms with Crippen molar-refractivity contribution in [3.05, 3.63) is 0 Å². The van der Waals surface area contributed by atoms with Crippen LogP contribution < -0.4 is 5.32 Å². The van der Waals surface area contributed by atoms with Crippen LogP contribution in [-0.2, 0) is 9.59 Å². The van der Waals surface area contributed by atoms with Crippen LogP contribution in [0.15, 0.2) is 0 Å². The maximum atomic E-state index is 12.0. The number of carbonyl (C=O) groups is 2. The maximum Gasteiger partial charge on any atom is 0.312 e. The van der Waals surface area contributed by atoms with Crippen molar-refractivity contribution in [2.45, 2.75) is 104 Å². The smallest absolute Gasteiger partial charge is 0.312 e. The minimum Gasteiger partial charge on any atom is -0.481 e. The van der Waals surface area contributed by atoms with Crippen LogP contribution in [0.4, 0.5) is 0 Å². The van der Waals surface area contributed by atoms with Crippen molar-refractivity contribution in [1.29, 1.82) is 0 Å². The average molecular weight is 418 g/mol. The number of amides is 1. The van der Waals surface area contributed by atoms with Crippen molar-refractivity contribution in [3.8, 4) is 0 Å². The number of carboxylic acid groups (broad SMARTS) is 1. The fourth-order valence-electron chi connectivity index (χ4n) is 9.07. The molecule has 4 aliphatic rings. The van der Waals surface area contributed by atoms with E-state index in [-0.39, 0.29) is 11.9 Å². The van der Waals surface area contributed by atoms with Gasteiger partial charge in [-0.1, -0.05) is 34.1 Å². The molecule has 0 bridgehead atoms. The van der Waals surface area contributed by atoms with E-state index >= 15 is 0 Å². The lowest BCUT2D eigenvalue weighted by Gasteiger charge is -2.61. The molecule has 0 aromatic carbocycles. The Morgan fingerprint density at radius 3 is 2.40 bits per heavy atom. The number of hydrogen-bond donors (Lipinski definition) is 2. The zero-order chi connectivity index (χ0) is 21.7. The molecule has 0 radical (unpaired) electrons. The fourth-order valence-corrected chi connectivity index (χ4v) is 9.07. The third kappa shape index (κ3) is 3.60. The lowest BCUT2D eigenvalue weighted by atomic mass is 9.44. The van der Waals surface area contributed by atoms with E-state index in [9.17, 15) is 9.59 Å². The molecule has 1 amide bonds. The van der Waals surface area contributed by atoms with Crippen LogP contribution in [0, 0.1) is 46.3 Å². The molecule has 4 nitrogen and oxygen atoms in total. The highest BCUT2D eigenvalue weighted by Gasteiger charge is 2.60. The molecule has 4 fully saturated rings. The van der Waals surface area contributed by atoms with Crippen LogP contribution in [0.5, 0.6) is 0 Å². The van der Waals surface area contributed by atoms with E-state index in [0.29, 0.717) is 16.7 Å². The Bertz CT molecular complexity index is 677. The molecule has 0 aliphatic heterocycles. The molecule has 4 saturated carbocycles. The minimum absolute atomic E-state index is 0.168. The summed E-state index contributed by atoms with van der Waals surface area (Å²) >= 11 is 0. The van der Waals surface area contributed by atoms with Crippen LogP contribution in [0.1, 0.15) is 98.3 Å². The van der Waals surface area contributed by atoms with Gasteiger partial charge >= 0.3 is 5.97 Å². The van der Waals surface area contributed by atoms with E-state index in [0.717, 1.165) is 42.4 Å². The van der Waals surface area contributed by atoms with Gasteiger partial charge in [-0.05, 0) is 104 Å². The monoisotopic (exact) mass is 417 g/mol. The van der Waals surface area contributed by atoms with Gasteiger partial charge in [-0.25, -0.2) is 0 Å². The van der Waals surface area contributed by atoms with E-state index in [1.807, 2.05) is 0 Å². The van der Waals surface area contributed by atoms with E-state index in [1.165, 1.54) is 51.4 Å². The van der Waals surface area contributed by atoms with Gasteiger partial charge in [0.1, 0.15) is 6.42 Å². The van der Waals surface area contributed by atoms with E-state index in [1.54, 1.807) is 0 Å². The van der Waals surface area contributed by atoms with Gasteiger partial charge in [0.2, 0.25) is 5.91 Å². The van der Waals surface area contributed by atoms with Crippen LogP contribution >= 0.6 is 0 Å². The van der Waals surface area contributed by atoms with Crippen molar-refractivity contribution in [2.24, 2.45) is 46.3 Å². The molecule has 170 valence electrons. The highest BCUT2D eigenvalue weighted by molar-refractivity contribution is 5.93. The van der Waals surface area contributed by atoms with Gasteiger partial charge < -0.3 is 10.4 Å². The summed E-state index contributed by atoms with van der Waals surface area (Å²) in [6, 6.07) is 0.168. The molecule has 2 N–H and O–H groups in total. The van der Waals surface area contributed by atoms with E-state index in [2.05, 4.69) is 33.0 Å². The summed E-state index contributed by atoms with van der Waals surface area (Å²) < 4.78 is 0. The number of fused-ring (bicyclic) bond motifs is 5. The average Bonchev–Trinajstić information content (AvgIpc) is 3.04. The maximum absolute atomic E-state index is 12.0. The molecule has 0 heterocycles. The number of aliphatic carboxylic acids is 1. The van der Waals surface area contributed by atoms with Gasteiger partial charge in [0.25, 0.3) is 0 Å². The normalized spacial score (nSPS) is 46.3. The molecule has 4 rings (SSSR count). The first kappa shape index (κ1) is 22.1. The summed E-state index contributed by atoms with van der Waals surface area (Å²) in [5.74, 6) is 3.76. The first-order chi connectivity index (χ1) is 14.2. The van der Waals surface area contributed by atoms with Gasteiger partial charge in [-0.15, -0.1) is 0 Å².